The maximum Gasteiger partial charge on any atom is 0.430 e. The van der Waals surface area contributed by atoms with Gasteiger partial charge in [-0.15, -0.1) is 11.3 Å². The minimum atomic E-state index is -4.68. The highest BCUT2D eigenvalue weighted by molar-refractivity contribution is 7.90. The average molecular weight is 508 g/mol. The molecule has 0 bridgehead atoms. The first-order valence-electron chi connectivity index (χ1n) is 10.6. The van der Waals surface area contributed by atoms with Crippen molar-refractivity contribution in [2.45, 2.75) is 30.8 Å². The maximum atomic E-state index is 13.2. The minimum absolute atomic E-state index is 0.0890. The number of ether oxygens (including phenoxy) is 1. The van der Waals surface area contributed by atoms with Crippen molar-refractivity contribution in [3.05, 3.63) is 76.6 Å². The Kier molecular flexibility index (Phi) is 8.82. The Hall–Kier alpha value is -2.75. The molecular weight excluding hydrogens is 481 g/mol. The molecule has 0 saturated heterocycles. The van der Waals surface area contributed by atoms with Gasteiger partial charge in [-0.25, -0.2) is 4.99 Å². The fourth-order valence-corrected chi connectivity index (χ4v) is 4.45. The molecule has 0 spiro atoms. The lowest BCUT2D eigenvalue weighted by molar-refractivity contribution is -0.0925. The Balaban J connectivity index is 2.05. The topological polar surface area (TPSA) is 67.8 Å². The summed E-state index contributed by atoms with van der Waals surface area (Å²) < 4.78 is 55.4. The molecule has 2 aromatic carbocycles. The summed E-state index contributed by atoms with van der Waals surface area (Å²) in [5, 5.41) is 1.84. The summed E-state index contributed by atoms with van der Waals surface area (Å²) in [4.78, 5) is 5.82. The molecule has 180 valence electrons. The molecule has 0 amide bonds. The number of nitrogens with two attached hydrogens (primary N) is 1. The van der Waals surface area contributed by atoms with Crippen molar-refractivity contribution in [1.82, 2.24) is 0 Å². The highest BCUT2D eigenvalue weighted by Crippen LogP contribution is 2.32. The summed E-state index contributed by atoms with van der Waals surface area (Å²) in [6.07, 6.45) is -0.313. The second kappa shape index (κ2) is 11.6. The number of benzene rings is 2. The number of para-hydroxylation sites is 2. The van der Waals surface area contributed by atoms with E-state index in [2.05, 4.69) is 4.99 Å². The molecule has 1 heterocycles. The van der Waals surface area contributed by atoms with Crippen molar-refractivity contribution < 1.29 is 22.5 Å². The number of nitrogens with zero attached hydrogens (tertiary/aromatic N) is 1. The van der Waals surface area contributed by atoms with Crippen molar-refractivity contribution in [2.75, 3.05) is 12.9 Å². The molecule has 9 heteroatoms. The molecule has 0 saturated carbocycles. The summed E-state index contributed by atoms with van der Waals surface area (Å²) in [5.41, 5.74) is 6.29. The van der Waals surface area contributed by atoms with E-state index in [0.29, 0.717) is 22.9 Å². The van der Waals surface area contributed by atoms with E-state index in [-0.39, 0.29) is 5.71 Å². The Morgan fingerprint density at radius 2 is 1.91 bits per heavy atom. The second-order valence-electron chi connectivity index (χ2n) is 7.47. The van der Waals surface area contributed by atoms with Gasteiger partial charge in [-0.3, -0.25) is 0 Å². The summed E-state index contributed by atoms with van der Waals surface area (Å²) in [6, 6.07) is 16.2. The molecule has 0 aliphatic carbocycles. The van der Waals surface area contributed by atoms with Gasteiger partial charge < -0.3 is 10.5 Å². The van der Waals surface area contributed by atoms with Crippen molar-refractivity contribution >= 4 is 33.9 Å². The van der Waals surface area contributed by atoms with Gasteiger partial charge in [0.25, 0.3) is 0 Å². The number of alkyl halides is 3. The number of hydrogen-bond acceptors (Lipinski definition) is 5. The third kappa shape index (κ3) is 6.88. The molecule has 0 aliphatic rings. The van der Waals surface area contributed by atoms with Gasteiger partial charge in [-0.1, -0.05) is 37.6 Å². The van der Waals surface area contributed by atoms with Crippen LogP contribution in [0.2, 0.25) is 0 Å². The number of rotatable bonds is 9. The van der Waals surface area contributed by atoms with Crippen LogP contribution in [0.4, 0.5) is 18.9 Å². The first-order chi connectivity index (χ1) is 16.2. The van der Waals surface area contributed by atoms with Crippen LogP contribution in [0, 0.1) is 0 Å². The van der Waals surface area contributed by atoms with Crippen LogP contribution in [0.15, 0.2) is 81.6 Å². The van der Waals surface area contributed by atoms with E-state index in [4.69, 9.17) is 10.5 Å². The van der Waals surface area contributed by atoms with Crippen LogP contribution in [-0.4, -0.2) is 29.3 Å². The van der Waals surface area contributed by atoms with Crippen LogP contribution in [0.3, 0.4) is 0 Å². The lowest BCUT2D eigenvalue weighted by atomic mass is 10.1. The van der Waals surface area contributed by atoms with E-state index >= 15 is 0 Å². The zero-order valence-electron chi connectivity index (χ0n) is 18.8. The predicted molar refractivity (Wildman–Crippen MR) is 135 cm³/mol. The highest BCUT2D eigenvalue weighted by Gasteiger charge is 2.32. The summed E-state index contributed by atoms with van der Waals surface area (Å²) >= 11 is 0.366. The third-order valence-electron chi connectivity index (χ3n) is 4.84. The van der Waals surface area contributed by atoms with E-state index < -0.39 is 23.0 Å². The number of halogens is 3. The maximum absolute atomic E-state index is 13.2. The van der Waals surface area contributed by atoms with Crippen molar-refractivity contribution in [1.29, 1.82) is 0 Å². The molecule has 3 rings (SSSR count). The summed E-state index contributed by atoms with van der Waals surface area (Å²) in [5.74, 6) is 0.495. The van der Waals surface area contributed by atoms with Gasteiger partial charge in [0.05, 0.1) is 17.2 Å². The van der Waals surface area contributed by atoms with Gasteiger partial charge in [-0.05, 0) is 53.3 Å². The quantitative estimate of drug-likeness (QED) is 0.183. The Morgan fingerprint density at radius 1 is 1.15 bits per heavy atom. The number of unbranched alkanes of at least 4 members (excludes halogenated alkanes) is 1. The zero-order chi connectivity index (χ0) is 24.7. The monoisotopic (exact) mass is 507 g/mol. The van der Waals surface area contributed by atoms with E-state index in [0.717, 1.165) is 34.9 Å². The van der Waals surface area contributed by atoms with Gasteiger partial charge in [0.2, 0.25) is 0 Å². The number of hydrogen-bond donors (Lipinski definition) is 2. The molecule has 1 aromatic heterocycles. The molecule has 34 heavy (non-hydrogen) atoms. The van der Waals surface area contributed by atoms with E-state index in [1.165, 1.54) is 11.3 Å². The zero-order valence-corrected chi connectivity index (χ0v) is 20.4. The number of allylic oxidation sites excluding steroid dienone is 2. The fourth-order valence-electron chi connectivity index (χ4n) is 3.00. The average Bonchev–Trinajstić information content (AvgIpc) is 3.29. The second-order valence-corrected chi connectivity index (χ2v) is 9.81. The minimum Gasteiger partial charge on any atom is -0.491 e. The number of thiophene rings is 1. The van der Waals surface area contributed by atoms with Gasteiger partial charge in [0.15, 0.2) is 16.1 Å². The number of aliphatic imine (C=N–C) groups is 1. The summed E-state index contributed by atoms with van der Waals surface area (Å²) in [7, 11) is 0. The Morgan fingerprint density at radius 3 is 2.62 bits per heavy atom. The lowest BCUT2D eigenvalue weighted by Crippen LogP contribution is -2.20. The van der Waals surface area contributed by atoms with E-state index in [1.54, 1.807) is 36.6 Å². The first-order valence-corrected chi connectivity index (χ1v) is 13.0. The lowest BCUT2D eigenvalue weighted by Gasteiger charge is -2.10. The molecule has 1 unspecified atom stereocenters. The molecule has 3 N–H and O–H groups in total. The van der Waals surface area contributed by atoms with Crippen LogP contribution < -0.4 is 10.5 Å². The molecule has 3 aromatic rings. The summed E-state index contributed by atoms with van der Waals surface area (Å²) in [6.45, 7) is 2.53. The van der Waals surface area contributed by atoms with E-state index in [1.807, 2.05) is 36.6 Å². The van der Waals surface area contributed by atoms with Gasteiger partial charge in [0.1, 0.15) is 23.4 Å². The van der Waals surface area contributed by atoms with E-state index in [9.17, 15) is 17.7 Å². The smallest absolute Gasteiger partial charge is 0.430 e. The molecule has 4 nitrogen and oxygen atoms in total. The standard InChI is InChI=1S/C25H26F3N2O2S2/c1-3-4-12-32-22-11-6-5-10-20(22)30-21(15-24(29)25(26,27)28)23-14-18(16-33-23)17-8-7-9-19(13-17)34(2)31/h5-11,13-16,31H,3-4,12,29H2,1-2H3/q+1. The van der Waals surface area contributed by atoms with Gasteiger partial charge in [-0.2, -0.15) is 17.7 Å². The van der Waals surface area contributed by atoms with Crippen LogP contribution in [0.5, 0.6) is 5.75 Å². The molecule has 1 atom stereocenters. The normalized spacial score (nSPS) is 13.7. The van der Waals surface area contributed by atoms with Gasteiger partial charge in [0, 0.05) is 6.07 Å². The van der Waals surface area contributed by atoms with Crippen LogP contribution in [0.25, 0.3) is 11.1 Å². The first kappa shape index (κ1) is 25.9. The SMILES string of the molecule is CCCCOc1ccccc1N=C(C=C(N)C(F)(F)F)c1cc(-c2cccc([S+](C)O)c2)cs1. The van der Waals surface area contributed by atoms with Crippen LogP contribution >= 0.6 is 11.3 Å². The van der Waals surface area contributed by atoms with Crippen molar-refractivity contribution in [3.8, 4) is 16.9 Å². The predicted octanol–water partition coefficient (Wildman–Crippen LogP) is 7.20. The fraction of sp³-hybridized carbons (Fsp3) is 0.240. The largest absolute Gasteiger partial charge is 0.491 e. The highest BCUT2D eigenvalue weighted by atomic mass is 32.2. The Labute approximate surface area is 204 Å². The molecule has 0 fully saturated rings. The molecule has 0 radical (unpaired) electrons. The molecular formula is C25H26F3N2O2S2+. The Bertz CT molecular complexity index is 1170. The molecule has 0 aliphatic heterocycles. The van der Waals surface area contributed by atoms with Gasteiger partial charge >= 0.3 is 6.18 Å². The third-order valence-corrected chi connectivity index (χ3v) is 6.73. The van der Waals surface area contributed by atoms with Crippen molar-refractivity contribution in [3.63, 3.8) is 0 Å². The van der Waals surface area contributed by atoms with Crippen molar-refractivity contribution in [2.24, 2.45) is 10.7 Å². The van der Waals surface area contributed by atoms with Crippen LogP contribution in [0.1, 0.15) is 24.6 Å². The van der Waals surface area contributed by atoms with Crippen LogP contribution in [-0.2, 0) is 11.2 Å².